The Morgan fingerprint density at radius 3 is 3.00 bits per heavy atom. The van der Waals surface area contributed by atoms with E-state index in [2.05, 4.69) is 29.2 Å². The van der Waals surface area contributed by atoms with Crippen LogP contribution in [-0.4, -0.2) is 17.9 Å². The minimum atomic E-state index is -1.15. The van der Waals surface area contributed by atoms with Crippen LogP contribution in [0.5, 0.6) is 0 Å². The van der Waals surface area contributed by atoms with Crippen molar-refractivity contribution in [3.8, 4) is 0 Å². The van der Waals surface area contributed by atoms with Gasteiger partial charge in [-0.2, -0.15) is 10.0 Å². The van der Waals surface area contributed by atoms with Crippen LogP contribution in [0, 0.1) is 0 Å². The summed E-state index contributed by atoms with van der Waals surface area (Å²) < 4.78 is 0. The fourth-order valence-corrected chi connectivity index (χ4v) is 5.37. The first kappa shape index (κ1) is 10.5. The van der Waals surface area contributed by atoms with Gasteiger partial charge in [-0.1, -0.05) is 12.1 Å². The van der Waals surface area contributed by atoms with Gasteiger partial charge in [0, 0.05) is 9.78 Å². The number of hydrogen-bond donors (Lipinski definition) is 1. The second kappa shape index (κ2) is 3.87. The molecule has 1 atom stereocenters. The summed E-state index contributed by atoms with van der Waals surface area (Å²) in [6.07, 6.45) is 6.27. The molecule has 0 radical (unpaired) electrons. The lowest BCUT2D eigenvalue weighted by Gasteiger charge is -2.30. The highest BCUT2D eigenvalue weighted by Gasteiger charge is 2.26. The average Bonchev–Trinajstić information content (AvgIpc) is 2.71. The average molecular weight is 239 g/mol. The van der Waals surface area contributed by atoms with Crippen molar-refractivity contribution in [2.45, 2.75) is 0 Å². The highest BCUT2D eigenvalue weighted by Crippen LogP contribution is 2.61. The first-order chi connectivity index (χ1) is 7.12. The molecular weight excluding hydrogens is 226 g/mol. The van der Waals surface area contributed by atoms with Crippen LogP contribution in [0.25, 0.3) is 4.91 Å². The lowest BCUT2D eigenvalue weighted by Crippen LogP contribution is -2.19. The molecule has 0 aliphatic carbocycles. The molecule has 0 spiro atoms. The van der Waals surface area contributed by atoms with Crippen molar-refractivity contribution in [3.05, 3.63) is 40.0 Å². The maximum absolute atomic E-state index is 11.1. The molecule has 0 aromatic carbocycles. The quantitative estimate of drug-likeness (QED) is 0.865. The number of rotatable bonds is 3. The molecule has 1 aliphatic rings. The molecule has 2 N–H and O–H groups in total. The Kier molecular flexibility index (Phi) is 2.71. The number of carbonyl (C=O) groups excluding carboxylic acids is 1. The Bertz CT molecular complexity index is 433. The predicted octanol–water partition coefficient (Wildman–Crippen LogP) is 2.54. The molecule has 0 bridgehead atoms. The van der Waals surface area contributed by atoms with Gasteiger partial charge in [0.25, 0.3) is 0 Å². The van der Waals surface area contributed by atoms with Gasteiger partial charge in [0.1, 0.15) is 0 Å². The molecule has 2 nitrogen and oxygen atoms in total. The number of thiophene rings is 1. The number of primary amides is 1. The van der Waals surface area contributed by atoms with E-state index >= 15 is 0 Å². The number of amides is 1. The van der Waals surface area contributed by atoms with E-state index in [1.807, 2.05) is 12.1 Å². The predicted molar refractivity (Wildman–Crippen MR) is 69.0 cm³/mol. The van der Waals surface area contributed by atoms with Gasteiger partial charge in [0.05, 0.1) is 5.75 Å². The zero-order chi connectivity index (χ0) is 10.9. The molecule has 4 heteroatoms. The fourth-order valence-electron chi connectivity index (χ4n) is 1.68. The third kappa shape index (κ3) is 2.01. The standard InChI is InChI=1S/C11H13NOS2/c1-15(8-11(12)13)7-3-5-10(15)9-4-2-6-14-9/h2-7H,8H2,1H3,(H2,12,13). The summed E-state index contributed by atoms with van der Waals surface area (Å²) >= 11 is 1.71. The lowest BCUT2D eigenvalue weighted by atomic mass is 10.4. The molecule has 1 unspecified atom stereocenters. The number of carbonyl (C=O) groups is 1. The molecule has 0 fully saturated rings. The van der Waals surface area contributed by atoms with Crippen molar-refractivity contribution >= 4 is 32.2 Å². The van der Waals surface area contributed by atoms with Crippen molar-refractivity contribution in [3.63, 3.8) is 0 Å². The Morgan fingerprint density at radius 2 is 2.40 bits per heavy atom. The van der Waals surface area contributed by atoms with Crippen molar-refractivity contribution in [2.75, 3.05) is 12.0 Å². The summed E-state index contributed by atoms with van der Waals surface area (Å²) in [6, 6.07) is 4.12. The third-order valence-corrected chi connectivity index (χ3v) is 6.37. The van der Waals surface area contributed by atoms with E-state index in [-0.39, 0.29) is 5.91 Å². The van der Waals surface area contributed by atoms with Gasteiger partial charge in [-0.3, -0.25) is 4.79 Å². The maximum Gasteiger partial charge on any atom is 0.226 e. The van der Waals surface area contributed by atoms with Gasteiger partial charge in [-0.05, 0) is 29.2 Å². The van der Waals surface area contributed by atoms with Crippen molar-refractivity contribution in [2.24, 2.45) is 5.73 Å². The maximum atomic E-state index is 11.1. The fraction of sp³-hybridized carbons (Fsp3) is 0.182. The summed E-state index contributed by atoms with van der Waals surface area (Å²) in [5, 5.41) is 4.19. The smallest absolute Gasteiger partial charge is 0.226 e. The van der Waals surface area contributed by atoms with E-state index in [1.54, 1.807) is 11.3 Å². The second-order valence-corrected chi connectivity index (χ2v) is 7.87. The van der Waals surface area contributed by atoms with E-state index in [4.69, 9.17) is 5.73 Å². The molecule has 1 aromatic rings. The lowest BCUT2D eigenvalue weighted by molar-refractivity contribution is -0.115. The van der Waals surface area contributed by atoms with Crippen molar-refractivity contribution in [1.82, 2.24) is 0 Å². The molecule has 2 heterocycles. The molecule has 1 aromatic heterocycles. The molecular formula is C11H13NOS2. The van der Waals surface area contributed by atoms with Gasteiger partial charge in [-0.15, -0.1) is 11.3 Å². The second-order valence-electron chi connectivity index (χ2n) is 3.60. The summed E-state index contributed by atoms with van der Waals surface area (Å²) in [6.45, 7) is 0. The van der Waals surface area contributed by atoms with Gasteiger partial charge in [0.15, 0.2) is 0 Å². The highest BCUT2D eigenvalue weighted by atomic mass is 32.3. The van der Waals surface area contributed by atoms with E-state index in [1.165, 1.54) is 9.78 Å². The van der Waals surface area contributed by atoms with Crippen LogP contribution in [-0.2, 0) is 4.79 Å². The first-order valence-corrected chi connectivity index (χ1v) is 7.74. The van der Waals surface area contributed by atoms with E-state index in [0.29, 0.717) is 5.75 Å². The van der Waals surface area contributed by atoms with Gasteiger partial charge in [-0.25, -0.2) is 0 Å². The minimum absolute atomic E-state index is 0.221. The van der Waals surface area contributed by atoms with E-state index in [9.17, 15) is 4.79 Å². The van der Waals surface area contributed by atoms with Crippen LogP contribution >= 0.6 is 21.4 Å². The summed E-state index contributed by atoms with van der Waals surface area (Å²) in [5.41, 5.74) is 5.30. The molecule has 2 rings (SSSR count). The topological polar surface area (TPSA) is 43.1 Å². The molecule has 1 amide bonds. The van der Waals surface area contributed by atoms with Gasteiger partial charge in [0.2, 0.25) is 5.91 Å². The van der Waals surface area contributed by atoms with Crippen LogP contribution in [0.4, 0.5) is 0 Å². The summed E-state index contributed by atoms with van der Waals surface area (Å²) in [4.78, 5) is 13.6. The number of hydrogen-bond acceptors (Lipinski definition) is 2. The van der Waals surface area contributed by atoms with Crippen LogP contribution < -0.4 is 5.73 Å². The van der Waals surface area contributed by atoms with Gasteiger partial charge < -0.3 is 5.73 Å². The normalized spacial score (nSPS) is 28.5. The monoisotopic (exact) mass is 239 g/mol. The molecule has 1 aliphatic heterocycles. The largest absolute Gasteiger partial charge is 0.369 e. The minimum Gasteiger partial charge on any atom is -0.369 e. The van der Waals surface area contributed by atoms with Crippen LogP contribution in [0.15, 0.2) is 35.1 Å². The Labute approximate surface area is 94.8 Å². The first-order valence-electron chi connectivity index (χ1n) is 4.58. The van der Waals surface area contributed by atoms with Crippen molar-refractivity contribution < 1.29 is 4.79 Å². The SMILES string of the molecule is CS1(CC(N)=O)C=CC=C1c1cccs1. The highest BCUT2D eigenvalue weighted by molar-refractivity contribution is 8.43. The number of nitrogens with two attached hydrogens (primary N) is 1. The molecule has 80 valence electrons. The van der Waals surface area contributed by atoms with Gasteiger partial charge >= 0.3 is 0 Å². The summed E-state index contributed by atoms with van der Waals surface area (Å²) in [7, 11) is -1.15. The van der Waals surface area contributed by atoms with E-state index < -0.39 is 10.0 Å². The van der Waals surface area contributed by atoms with Crippen LogP contribution in [0.3, 0.4) is 0 Å². The Hall–Kier alpha value is -1.00. The Balaban J connectivity index is 2.31. The zero-order valence-corrected chi connectivity index (χ0v) is 10.1. The molecule has 0 saturated heterocycles. The van der Waals surface area contributed by atoms with E-state index in [0.717, 1.165) is 0 Å². The van der Waals surface area contributed by atoms with Crippen molar-refractivity contribution in [1.29, 1.82) is 0 Å². The molecule has 0 saturated carbocycles. The van der Waals surface area contributed by atoms with Crippen LogP contribution in [0.2, 0.25) is 0 Å². The number of allylic oxidation sites excluding steroid dienone is 2. The Morgan fingerprint density at radius 1 is 1.60 bits per heavy atom. The zero-order valence-electron chi connectivity index (χ0n) is 8.47. The van der Waals surface area contributed by atoms with Crippen LogP contribution in [0.1, 0.15) is 4.88 Å². The third-order valence-electron chi connectivity index (χ3n) is 2.34. The molecule has 15 heavy (non-hydrogen) atoms. The summed E-state index contributed by atoms with van der Waals surface area (Å²) in [5.74, 6) is 0.231.